The number of hydrogen-bond donors (Lipinski definition) is 5. The van der Waals surface area contributed by atoms with Gasteiger partial charge in [-0.1, -0.05) is 38.6 Å². The van der Waals surface area contributed by atoms with Gasteiger partial charge in [0.05, 0.1) is 24.6 Å². The first-order valence-corrected chi connectivity index (χ1v) is 10.3. The number of hydrogen-bond acceptors (Lipinski definition) is 8. The second-order valence-corrected chi connectivity index (χ2v) is 6.15. The standard InChI is InChI=1S/C19H19FN6O.C3H6O.C2H6/c20-14-7-6-12(10-15(14)27)17(21)16-18(22)25-11-26-19(16)24-9-8-23-13-4-2-1-3-5-13;1-3-4-2;1-2/h1-7,10-11,21,23,27H,8-9H2,(H3,22,24,25,26);3H,1H2,2H3;1-2H3. The number of anilines is 3. The molecule has 9 heteroatoms. The van der Waals surface area contributed by atoms with Gasteiger partial charge in [-0.15, -0.1) is 0 Å². The molecule has 0 fully saturated rings. The van der Waals surface area contributed by atoms with Crippen molar-refractivity contribution in [2.24, 2.45) is 0 Å². The Hall–Kier alpha value is -4.14. The molecule has 8 nitrogen and oxygen atoms in total. The summed E-state index contributed by atoms with van der Waals surface area (Å²) in [6, 6.07) is 13.4. The van der Waals surface area contributed by atoms with Crippen LogP contribution in [0.15, 0.2) is 67.7 Å². The number of para-hydroxylation sites is 1. The number of rotatable bonds is 8. The average Bonchev–Trinajstić information content (AvgIpc) is 2.85. The molecule has 0 unspecified atom stereocenters. The maximum Gasteiger partial charge on any atom is 0.164 e. The van der Waals surface area contributed by atoms with E-state index in [1.807, 2.05) is 44.2 Å². The predicted octanol–water partition coefficient (Wildman–Crippen LogP) is 4.65. The van der Waals surface area contributed by atoms with Crippen LogP contribution < -0.4 is 16.4 Å². The molecule has 3 aromatic rings. The van der Waals surface area contributed by atoms with Crippen LogP contribution in [0.1, 0.15) is 25.0 Å². The zero-order valence-electron chi connectivity index (χ0n) is 19.1. The molecule has 1 heterocycles. The summed E-state index contributed by atoms with van der Waals surface area (Å²) in [4.78, 5) is 8.10. The Bertz CT molecular complexity index is 1020. The van der Waals surface area contributed by atoms with Crippen LogP contribution in [-0.2, 0) is 4.74 Å². The second-order valence-electron chi connectivity index (χ2n) is 6.15. The lowest BCUT2D eigenvalue weighted by Crippen LogP contribution is -2.18. The first kappa shape index (κ1) is 26.9. The third-order valence-electron chi connectivity index (χ3n) is 4.05. The van der Waals surface area contributed by atoms with Crippen molar-refractivity contribution in [1.82, 2.24) is 9.97 Å². The first-order chi connectivity index (χ1) is 16.0. The molecule has 0 bridgehead atoms. The number of aromatic hydroxyl groups is 1. The summed E-state index contributed by atoms with van der Waals surface area (Å²) in [6.45, 7) is 8.41. The number of halogens is 1. The van der Waals surface area contributed by atoms with Crippen molar-refractivity contribution < 1.29 is 14.2 Å². The number of benzene rings is 2. The number of aromatic nitrogens is 2. The van der Waals surface area contributed by atoms with Crippen molar-refractivity contribution in [1.29, 1.82) is 5.41 Å². The van der Waals surface area contributed by atoms with E-state index in [-0.39, 0.29) is 11.5 Å². The van der Waals surface area contributed by atoms with Gasteiger partial charge in [-0.2, -0.15) is 0 Å². The Kier molecular flexibility index (Phi) is 12.1. The van der Waals surface area contributed by atoms with Crippen molar-refractivity contribution >= 4 is 23.0 Å². The number of phenolic OH excluding ortho intramolecular Hbond substituents is 1. The van der Waals surface area contributed by atoms with E-state index in [9.17, 15) is 9.50 Å². The number of nitrogen functional groups attached to an aromatic ring is 1. The summed E-state index contributed by atoms with van der Waals surface area (Å²) in [5, 5.41) is 24.3. The second kappa shape index (κ2) is 14.8. The van der Waals surface area contributed by atoms with Crippen molar-refractivity contribution in [2.75, 3.05) is 36.6 Å². The lowest BCUT2D eigenvalue weighted by molar-refractivity contribution is 0.339. The van der Waals surface area contributed by atoms with Crippen LogP contribution in [0, 0.1) is 11.2 Å². The number of nitrogens with two attached hydrogens (primary N) is 1. The molecule has 0 atom stereocenters. The van der Waals surface area contributed by atoms with Crippen LogP contribution in [0.5, 0.6) is 5.75 Å². The van der Waals surface area contributed by atoms with Crippen LogP contribution >= 0.6 is 0 Å². The van der Waals surface area contributed by atoms with Gasteiger partial charge in [0, 0.05) is 24.3 Å². The molecule has 0 aliphatic heterocycles. The van der Waals surface area contributed by atoms with E-state index in [1.165, 1.54) is 24.7 Å². The molecule has 1 aromatic heterocycles. The Labute approximate surface area is 193 Å². The fourth-order valence-electron chi connectivity index (χ4n) is 2.54. The fraction of sp³-hybridized carbons (Fsp3) is 0.208. The Morgan fingerprint density at radius 2 is 1.79 bits per heavy atom. The molecule has 3 rings (SSSR count). The summed E-state index contributed by atoms with van der Waals surface area (Å²) < 4.78 is 17.6. The molecule has 0 aliphatic rings. The first-order valence-electron chi connectivity index (χ1n) is 10.3. The Morgan fingerprint density at radius 3 is 2.39 bits per heavy atom. The maximum atomic E-state index is 13.3. The van der Waals surface area contributed by atoms with Crippen molar-refractivity contribution in [3.05, 3.63) is 84.6 Å². The number of phenols is 1. The normalized spacial score (nSPS) is 9.33. The summed E-state index contributed by atoms with van der Waals surface area (Å²) in [6.07, 6.45) is 2.68. The monoisotopic (exact) mass is 454 g/mol. The van der Waals surface area contributed by atoms with E-state index in [0.717, 1.165) is 11.8 Å². The molecule has 0 aliphatic carbocycles. The quantitative estimate of drug-likeness (QED) is 0.190. The molecule has 33 heavy (non-hydrogen) atoms. The van der Waals surface area contributed by atoms with Crippen molar-refractivity contribution in [3.8, 4) is 5.75 Å². The van der Waals surface area contributed by atoms with Gasteiger partial charge in [-0.3, -0.25) is 5.41 Å². The molecule has 2 aromatic carbocycles. The van der Waals surface area contributed by atoms with E-state index in [0.29, 0.717) is 30.0 Å². The average molecular weight is 455 g/mol. The highest BCUT2D eigenvalue weighted by Crippen LogP contribution is 2.24. The molecule has 6 N–H and O–H groups in total. The van der Waals surface area contributed by atoms with Gasteiger partial charge < -0.3 is 26.2 Å². The SMILES string of the molecule is C=COC.CC.N=C(c1ccc(F)c(O)c1)c1c(N)ncnc1NCCNc1ccccc1. The molecular formula is C24H31FN6O2. The van der Waals surface area contributed by atoms with E-state index in [2.05, 4.69) is 31.9 Å². The molecule has 0 amide bonds. The Balaban J connectivity index is 0.000000820. The van der Waals surface area contributed by atoms with Crippen LogP contribution in [0.4, 0.5) is 21.7 Å². The highest BCUT2D eigenvalue weighted by atomic mass is 19.1. The van der Waals surface area contributed by atoms with E-state index < -0.39 is 11.6 Å². The fourth-order valence-corrected chi connectivity index (χ4v) is 2.54. The van der Waals surface area contributed by atoms with E-state index in [1.54, 1.807) is 7.11 Å². The molecule has 0 radical (unpaired) electrons. The van der Waals surface area contributed by atoms with Crippen molar-refractivity contribution in [2.45, 2.75) is 13.8 Å². The van der Waals surface area contributed by atoms with Gasteiger partial charge >= 0.3 is 0 Å². The molecule has 0 saturated carbocycles. The van der Waals surface area contributed by atoms with Gasteiger partial charge in [-0.25, -0.2) is 14.4 Å². The van der Waals surface area contributed by atoms with Gasteiger partial charge in [0.1, 0.15) is 18.0 Å². The number of ether oxygens (including phenoxy) is 1. The predicted molar refractivity (Wildman–Crippen MR) is 132 cm³/mol. The minimum Gasteiger partial charge on any atom is -0.505 e. The maximum absolute atomic E-state index is 13.3. The number of methoxy groups -OCH3 is 1. The summed E-state index contributed by atoms with van der Waals surface area (Å²) in [5.74, 6) is -0.771. The third kappa shape index (κ3) is 8.48. The minimum atomic E-state index is -0.755. The van der Waals surface area contributed by atoms with Gasteiger partial charge in [0.15, 0.2) is 11.6 Å². The van der Waals surface area contributed by atoms with Crippen LogP contribution in [0.2, 0.25) is 0 Å². The minimum absolute atomic E-state index is 0.0121. The van der Waals surface area contributed by atoms with E-state index in [4.69, 9.17) is 11.1 Å². The van der Waals surface area contributed by atoms with Crippen LogP contribution in [0.25, 0.3) is 0 Å². The molecular weight excluding hydrogens is 423 g/mol. The third-order valence-corrected chi connectivity index (χ3v) is 4.05. The molecule has 0 spiro atoms. The topological polar surface area (TPSA) is 129 Å². The zero-order valence-corrected chi connectivity index (χ0v) is 19.1. The lowest BCUT2D eigenvalue weighted by Gasteiger charge is -2.14. The summed E-state index contributed by atoms with van der Waals surface area (Å²) in [5.41, 5.74) is 7.52. The lowest BCUT2D eigenvalue weighted by atomic mass is 10.0. The Morgan fingerprint density at radius 1 is 1.15 bits per heavy atom. The smallest absolute Gasteiger partial charge is 0.164 e. The molecule has 176 valence electrons. The number of nitrogens with zero attached hydrogens (tertiary/aromatic N) is 2. The van der Waals surface area contributed by atoms with Gasteiger partial charge in [0.2, 0.25) is 0 Å². The summed E-state index contributed by atoms with van der Waals surface area (Å²) >= 11 is 0. The highest BCUT2D eigenvalue weighted by Gasteiger charge is 2.17. The van der Waals surface area contributed by atoms with Crippen molar-refractivity contribution in [3.63, 3.8) is 0 Å². The highest BCUT2D eigenvalue weighted by molar-refractivity contribution is 6.16. The largest absolute Gasteiger partial charge is 0.505 e. The van der Waals surface area contributed by atoms with Gasteiger partial charge in [0.25, 0.3) is 0 Å². The van der Waals surface area contributed by atoms with Crippen LogP contribution in [0.3, 0.4) is 0 Å². The molecule has 0 saturated heterocycles. The van der Waals surface area contributed by atoms with Crippen LogP contribution in [-0.4, -0.2) is 41.0 Å². The number of nitrogens with one attached hydrogen (secondary N) is 3. The van der Waals surface area contributed by atoms with E-state index >= 15 is 0 Å². The zero-order chi connectivity index (χ0) is 24.6. The van der Waals surface area contributed by atoms with Gasteiger partial charge in [-0.05, 0) is 30.3 Å². The summed E-state index contributed by atoms with van der Waals surface area (Å²) in [7, 11) is 1.56.